The quantitative estimate of drug-likeness (QED) is 0.565. The van der Waals surface area contributed by atoms with Crippen molar-refractivity contribution in [3.8, 4) is 5.75 Å². The molecule has 0 aromatic heterocycles. The minimum atomic E-state index is -0.936. The smallest absolute Gasteiger partial charge is 0.308 e. The van der Waals surface area contributed by atoms with Gasteiger partial charge in [-0.2, -0.15) is 0 Å². The molecule has 1 N–H and O–H groups in total. The first-order valence-corrected chi connectivity index (χ1v) is 9.89. The molecule has 1 heterocycles. The van der Waals surface area contributed by atoms with Gasteiger partial charge in [0.2, 0.25) is 11.7 Å². The number of Topliss-reactive ketones (excluding diaryl/α,β-unsaturated/α-hetero) is 1. The molecule has 2 atom stereocenters. The van der Waals surface area contributed by atoms with Crippen molar-refractivity contribution in [2.24, 2.45) is 0 Å². The van der Waals surface area contributed by atoms with E-state index in [9.17, 15) is 14.4 Å². The summed E-state index contributed by atoms with van der Waals surface area (Å²) in [4.78, 5) is 37.8. The number of carbonyl (C=O) groups is 3. The molecule has 2 aromatic rings. The lowest BCUT2D eigenvalue weighted by Gasteiger charge is -2.23. The summed E-state index contributed by atoms with van der Waals surface area (Å²) < 4.78 is 10.6. The highest BCUT2D eigenvalue weighted by atomic mass is 32.2. The summed E-state index contributed by atoms with van der Waals surface area (Å²) in [5.41, 5.74) is 1.17. The third-order valence-corrected chi connectivity index (χ3v) is 5.46. The number of rotatable bonds is 7. The zero-order chi connectivity index (χ0) is 20.1. The van der Waals surface area contributed by atoms with Gasteiger partial charge in [-0.05, 0) is 50.2 Å². The van der Waals surface area contributed by atoms with Crippen LogP contribution in [0, 0.1) is 0 Å². The van der Waals surface area contributed by atoms with Crippen LogP contribution in [0.25, 0.3) is 0 Å². The number of amides is 1. The number of fused-ring (bicyclic) bond motifs is 1. The lowest BCUT2D eigenvalue weighted by atomic mass is 10.1. The van der Waals surface area contributed by atoms with Crippen LogP contribution in [0.5, 0.6) is 5.75 Å². The van der Waals surface area contributed by atoms with Gasteiger partial charge < -0.3 is 14.8 Å². The lowest BCUT2D eigenvalue weighted by molar-refractivity contribution is -0.147. The molecular weight excluding hydrogens is 378 g/mol. The van der Waals surface area contributed by atoms with Crippen molar-refractivity contribution in [3.63, 3.8) is 0 Å². The van der Waals surface area contributed by atoms with Gasteiger partial charge in [-0.15, -0.1) is 11.8 Å². The molecule has 0 fully saturated rings. The lowest BCUT2D eigenvalue weighted by Crippen LogP contribution is -2.33. The monoisotopic (exact) mass is 399 g/mol. The Morgan fingerprint density at radius 2 is 1.86 bits per heavy atom. The van der Waals surface area contributed by atoms with Gasteiger partial charge in [0.25, 0.3) is 0 Å². The Kier molecular flexibility index (Phi) is 6.36. The van der Waals surface area contributed by atoms with Crippen LogP contribution in [0.3, 0.4) is 0 Å². The Hall–Kier alpha value is -2.80. The molecular formula is C21H21NO5S. The number of carbonyl (C=O) groups excluding carboxylic acids is 3. The Labute approximate surface area is 167 Å². The predicted molar refractivity (Wildman–Crippen MR) is 107 cm³/mol. The summed E-state index contributed by atoms with van der Waals surface area (Å²) in [6.45, 7) is 3.95. The first-order chi connectivity index (χ1) is 13.5. The minimum absolute atomic E-state index is 0.105. The SMILES string of the molecule is CCOc1ccc(C(=O)[C@@H](C)OC(=O)C[C@H]2Sc3ccccc3NC2=O)cc1. The molecule has 0 unspecified atom stereocenters. The molecule has 1 aliphatic heterocycles. The van der Waals surface area contributed by atoms with Gasteiger partial charge in [0, 0.05) is 10.5 Å². The van der Waals surface area contributed by atoms with Crippen molar-refractivity contribution in [1.29, 1.82) is 0 Å². The number of nitrogens with one attached hydrogen (secondary N) is 1. The van der Waals surface area contributed by atoms with Gasteiger partial charge in [-0.3, -0.25) is 14.4 Å². The van der Waals surface area contributed by atoms with E-state index in [2.05, 4.69) is 5.32 Å². The summed E-state index contributed by atoms with van der Waals surface area (Å²) in [7, 11) is 0. The van der Waals surface area contributed by atoms with Crippen LogP contribution < -0.4 is 10.1 Å². The van der Waals surface area contributed by atoms with E-state index in [1.807, 2.05) is 31.2 Å². The number of hydrogen-bond acceptors (Lipinski definition) is 6. The van der Waals surface area contributed by atoms with Crippen LogP contribution in [0.2, 0.25) is 0 Å². The second-order valence-corrected chi connectivity index (χ2v) is 7.49. The van der Waals surface area contributed by atoms with Crippen molar-refractivity contribution < 1.29 is 23.9 Å². The van der Waals surface area contributed by atoms with Crippen LogP contribution in [0.15, 0.2) is 53.4 Å². The number of benzene rings is 2. The molecule has 1 aliphatic rings. The number of anilines is 1. The van der Waals surface area contributed by atoms with Gasteiger partial charge in [0.1, 0.15) is 5.75 Å². The fraction of sp³-hybridized carbons (Fsp3) is 0.286. The summed E-state index contributed by atoms with van der Waals surface area (Å²) in [5, 5.41) is 2.20. The maximum atomic E-state index is 12.5. The van der Waals surface area contributed by atoms with Crippen molar-refractivity contribution in [2.45, 2.75) is 36.5 Å². The first kappa shape index (κ1) is 19.9. The van der Waals surface area contributed by atoms with E-state index >= 15 is 0 Å². The number of ketones is 1. The molecule has 28 heavy (non-hydrogen) atoms. The highest BCUT2D eigenvalue weighted by molar-refractivity contribution is 8.01. The highest BCUT2D eigenvalue weighted by Crippen LogP contribution is 2.36. The number of thioether (sulfide) groups is 1. The van der Waals surface area contributed by atoms with E-state index in [-0.39, 0.29) is 18.1 Å². The largest absolute Gasteiger partial charge is 0.494 e. The van der Waals surface area contributed by atoms with Crippen LogP contribution in [0.1, 0.15) is 30.6 Å². The summed E-state index contributed by atoms with van der Waals surface area (Å²) >= 11 is 1.32. The summed E-state index contributed by atoms with van der Waals surface area (Å²) in [6, 6.07) is 14.1. The van der Waals surface area contributed by atoms with Crippen molar-refractivity contribution in [1.82, 2.24) is 0 Å². The third kappa shape index (κ3) is 4.72. The fourth-order valence-corrected chi connectivity index (χ4v) is 3.89. The van der Waals surface area contributed by atoms with Gasteiger partial charge in [-0.1, -0.05) is 12.1 Å². The molecule has 146 valence electrons. The van der Waals surface area contributed by atoms with Crippen molar-refractivity contribution >= 4 is 35.1 Å². The molecule has 0 saturated carbocycles. The zero-order valence-electron chi connectivity index (χ0n) is 15.6. The Bertz CT molecular complexity index is 881. The van der Waals surface area contributed by atoms with Gasteiger partial charge >= 0.3 is 5.97 Å². The normalized spacial score (nSPS) is 16.5. The van der Waals surface area contributed by atoms with E-state index in [4.69, 9.17) is 9.47 Å². The molecule has 0 saturated heterocycles. The maximum Gasteiger partial charge on any atom is 0.308 e. The fourth-order valence-electron chi connectivity index (χ4n) is 2.79. The zero-order valence-corrected chi connectivity index (χ0v) is 16.5. The maximum absolute atomic E-state index is 12.5. The Morgan fingerprint density at radius 1 is 1.14 bits per heavy atom. The summed E-state index contributed by atoms with van der Waals surface area (Å²) in [6.07, 6.45) is -1.04. The average Bonchev–Trinajstić information content (AvgIpc) is 2.68. The number of hydrogen-bond donors (Lipinski definition) is 1. The second kappa shape index (κ2) is 8.93. The van der Waals surface area contributed by atoms with Crippen LogP contribution in [-0.2, 0) is 14.3 Å². The predicted octanol–water partition coefficient (Wildman–Crippen LogP) is 3.70. The van der Waals surface area contributed by atoms with E-state index < -0.39 is 17.3 Å². The molecule has 0 radical (unpaired) electrons. The van der Waals surface area contributed by atoms with Gasteiger partial charge in [0.15, 0.2) is 6.10 Å². The topological polar surface area (TPSA) is 81.7 Å². The molecule has 6 nitrogen and oxygen atoms in total. The minimum Gasteiger partial charge on any atom is -0.494 e. The van der Waals surface area contributed by atoms with E-state index in [1.165, 1.54) is 18.7 Å². The number of para-hydroxylation sites is 1. The molecule has 2 aromatic carbocycles. The molecule has 1 amide bonds. The molecule has 0 aliphatic carbocycles. The molecule has 7 heteroatoms. The van der Waals surface area contributed by atoms with Gasteiger partial charge in [0.05, 0.1) is 24.0 Å². The number of ether oxygens (including phenoxy) is 2. The third-order valence-electron chi connectivity index (χ3n) is 4.19. The number of esters is 1. The van der Waals surface area contributed by atoms with Crippen molar-refractivity contribution in [2.75, 3.05) is 11.9 Å². The summed E-state index contributed by atoms with van der Waals surface area (Å²) in [5.74, 6) is -0.461. The van der Waals surface area contributed by atoms with Crippen LogP contribution in [0.4, 0.5) is 5.69 Å². The van der Waals surface area contributed by atoms with E-state index in [0.29, 0.717) is 17.9 Å². The standard InChI is InChI=1S/C21H21NO5S/c1-3-26-15-10-8-14(9-11-15)20(24)13(2)27-19(23)12-18-21(25)22-16-6-4-5-7-17(16)28-18/h4-11,13,18H,3,12H2,1-2H3,(H,22,25)/t13-,18-/m1/s1. The molecule has 3 rings (SSSR count). The van der Waals surface area contributed by atoms with E-state index in [0.717, 1.165) is 10.6 Å². The van der Waals surface area contributed by atoms with Crippen molar-refractivity contribution in [3.05, 3.63) is 54.1 Å². The van der Waals surface area contributed by atoms with Crippen LogP contribution >= 0.6 is 11.8 Å². The van der Waals surface area contributed by atoms with Gasteiger partial charge in [-0.25, -0.2) is 0 Å². The first-order valence-electron chi connectivity index (χ1n) is 9.01. The highest BCUT2D eigenvalue weighted by Gasteiger charge is 2.30. The molecule has 0 bridgehead atoms. The van der Waals surface area contributed by atoms with Crippen LogP contribution in [-0.4, -0.2) is 35.6 Å². The average molecular weight is 399 g/mol. The van der Waals surface area contributed by atoms with E-state index in [1.54, 1.807) is 24.3 Å². The molecule has 0 spiro atoms. The Morgan fingerprint density at radius 3 is 2.57 bits per heavy atom. The second-order valence-electron chi connectivity index (χ2n) is 6.25. The Balaban J connectivity index is 1.57.